The third-order valence-corrected chi connectivity index (χ3v) is 3.59. The fraction of sp³-hybridized carbons (Fsp3) is 0.889. The summed E-state index contributed by atoms with van der Waals surface area (Å²) in [6.45, 7) is 4.68. The summed E-state index contributed by atoms with van der Waals surface area (Å²) in [6.07, 6.45) is 0.910. The first-order valence-electron chi connectivity index (χ1n) is 4.82. The van der Waals surface area contributed by atoms with Crippen LogP contribution in [-0.2, 0) is 14.6 Å². The smallest absolute Gasteiger partial charge is 0.238 e. The fourth-order valence-corrected chi connectivity index (χ4v) is 1.58. The summed E-state index contributed by atoms with van der Waals surface area (Å²) in [5, 5.41) is 10.6. The molecular formula is C9H19NO4S. The molecule has 0 aromatic carbocycles. The topological polar surface area (TPSA) is 83.5 Å². The average molecular weight is 237 g/mol. The van der Waals surface area contributed by atoms with Gasteiger partial charge in [-0.3, -0.25) is 4.79 Å². The van der Waals surface area contributed by atoms with E-state index in [1.165, 1.54) is 6.92 Å². The molecule has 0 bridgehead atoms. The maximum absolute atomic E-state index is 11.4. The first-order valence-corrected chi connectivity index (χ1v) is 6.77. The molecule has 0 aliphatic carbocycles. The summed E-state index contributed by atoms with van der Waals surface area (Å²) in [5.41, 5.74) is 0. The molecule has 90 valence electrons. The molecular weight excluding hydrogens is 218 g/mol. The number of sulfone groups is 1. The number of rotatable bonds is 5. The minimum absolute atomic E-state index is 0.235. The van der Waals surface area contributed by atoms with Crippen LogP contribution in [-0.4, -0.2) is 43.1 Å². The number of hydrogen-bond acceptors (Lipinski definition) is 4. The molecule has 0 saturated carbocycles. The number of carbonyl (C=O) groups is 1. The largest absolute Gasteiger partial charge is 0.393 e. The van der Waals surface area contributed by atoms with Gasteiger partial charge in [-0.1, -0.05) is 0 Å². The second kappa shape index (κ2) is 5.46. The van der Waals surface area contributed by atoms with Gasteiger partial charge in [0, 0.05) is 12.3 Å². The van der Waals surface area contributed by atoms with Crippen LogP contribution in [0.3, 0.4) is 0 Å². The standard InChI is InChI=1S/C9H19NO4S/c1-6(5-7(2)11)10-9(12)8(3)15(4,13)14/h6-8,11H,5H2,1-4H3,(H,10,12). The van der Waals surface area contributed by atoms with Gasteiger partial charge in [-0.05, 0) is 27.2 Å². The van der Waals surface area contributed by atoms with Gasteiger partial charge in [-0.2, -0.15) is 0 Å². The van der Waals surface area contributed by atoms with Crippen LogP contribution in [0.15, 0.2) is 0 Å². The molecule has 0 radical (unpaired) electrons. The molecule has 0 aliphatic heterocycles. The monoisotopic (exact) mass is 237 g/mol. The molecule has 1 amide bonds. The third kappa shape index (κ3) is 5.74. The Bertz CT molecular complexity index is 310. The van der Waals surface area contributed by atoms with E-state index in [0.717, 1.165) is 6.26 Å². The predicted octanol–water partition coefficient (Wildman–Crippen LogP) is -0.305. The highest BCUT2D eigenvalue weighted by molar-refractivity contribution is 7.92. The molecule has 0 fully saturated rings. The third-order valence-electron chi connectivity index (χ3n) is 2.09. The summed E-state index contributed by atoms with van der Waals surface area (Å²) in [6, 6.07) is -0.235. The molecule has 3 atom stereocenters. The van der Waals surface area contributed by atoms with Crippen molar-refractivity contribution in [2.45, 2.75) is 44.6 Å². The van der Waals surface area contributed by atoms with E-state index in [-0.39, 0.29) is 6.04 Å². The molecule has 15 heavy (non-hydrogen) atoms. The quantitative estimate of drug-likeness (QED) is 0.687. The van der Waals surface area contributed by atoms with Crippen LogP contribution in [0, 0.1) is 0 Å². The van der Waals surface area contributed by atoms with Crippen LogP contribution < -0.4 is 5.32 Å². The van der Waals surface area contributed by atoms with E-state index in [2.05, 4.69) is 5.32 Å². The number of aliphatic hydroxyl groups is 1. The van der Waals surface area contributed by atoms with Crippen molar-refractivity contribution in [3.8, 4) is 0 Å². The lowest BCUT2D eigenvalue weighted by atomic mass is 10.1. The lowest BCUT2D eigenvalue weighted by Gasteiger charge is -2.17. The van der Waals surface area contributed by atoms with Crippen LogP contribution >= 0.6 is 0 Å². The van der Waals surface area contributed by atoms with Crippen LogP contribution in [0.5, 0.6) is 0 Å². The van der Waals surface area contributed by atoms with Crippen LogP contribution in [0.1, 0.15) is 27.2 Å². The molecule has 0 saturated heterocycles. The molecule has 6 heteroatoms. The van der Waals surface area contributed by atoms with Gasteiger partial charge in [-0.15, -0.1) is 0 Å². The van der Waals surface area contributed by atoms with Crippen molar-refractivity contribution in [1.29, 1.82) is 0 Å². The van der Waals surface area contributed by atoms with Crippen molar-refractivity contribution < 1.29 is 18.3 Å². The van der Waals surface area contributed by atoms with Crippen LogP contribution in [0.4, 0.5) is 0 Å². The Morgan fingerprint density at radius 3 is 2.13 bits per heavy atom. The Labute approximate surface area is 90.8 Å². The van der Waals surface area contributed by atoms with Crippen molar-refractivity contribution in [2.75, 3.05) is 6.26 Å². The molecule has 0 spiro atoms. The molecule has 2 N–H and O–H groups in total. The minimum atomic E-state index is -3.35. The molecule has 3 unspecified atom stereocenters. The SMILES string of the molecule is CC(O)CC(C)NC(=O)C(C)S(C)(=O)=O. The highest BCUT2D eigenvalue weighted by Crippen LogP contribution is 2.01. The van der Waals surface area contributed by atoms with E-state index in [9.17, 15) is 13.2 Å². The summed E-state index contributed by atoms with van der Waals surface area (Å²) in [4.78, 5) is 11.4. The van der Waals surface area contributed by atoms with E-state index < -0.39 is 27.1 Å². The van der Waals surface area contributed by atoms with Crippen molar-refractivity contribution in [3.05, 3.63) is 0 Å². The Kier molecular flexibility index (Phi) is 5.23. The first-order chi connectivity index (χ1) is 6.64. The van der Waals surface area contributed by atoms with Crippen LogP contribution in [0.25, 0.3) is 0 Å². The zero-order chi connectivity index (χ0) is 12.2. The second-order valence-corrected chi connectivity index (χ2v) is 6.33. The van der Waals surface area contributed by atoms with Crippen molar-refractivity contribution in [1.82, 2.24) is 5.32 Å². The van der Waals surface area contributed by atoms with E-state index >= 15 is 0 Å². The maximum Gasteiger partial charge on any atom is 0.238 e. The zero-order valence-electron chi connectivity index (χ0n) is 9.52. The molecule has 0 aromatic heterocycles. The lowest BCUT2D eigenvalue weighted by molar-refractivity contribution is -0.121. The van der Waals surface area contributed by atoms with Crippen LogP contribution in [0.2, 0.25) is 0 Å². The number of carbonyl (C=O) groups excluding carboxylic acids is 1. The highest BCUT2D eigenvalue weighted by Gasteiger charge is 2.24. The van der Waals surface area contributed by atoms with Crippen molar-refractivity contribution >= 4 is 15.7 Å². The molecule has 5 nitrogen and oxygen atoms in total. The highest BCUT2D eigenvalue weighted by atomic mass is 32.2. The van der Waals surface area contributed by atoms with Gasteiger partial charge in [0.2, 0.25) is 5.91 Å². The Morgan fingerprint density at radius 1 is 1.33 bits per heavy atom. The van der Waals surface area contributed by atoms with Crippen molar-refractivity contribution in [2.24, 2.45) is 0 Å². The molecule has 0 rings (SSSR count). The molecule has 0 aliphatic rings. The van der Waals surface area contributed by atoms with Gasteiger partial charge in [0.1, 0.15) is 5.25 Å². The summed E-state index contributed by atoms with van der Waals surface area (Å²) >= 11 is 0. The lowest BCUT2D eigenvalue weighted by Crippen LogP contribution is -2.42. The van der Waals surface area contributed by atoms with Gasteiger partial charge in [-0.25, -0.2) is 8.42 Å². The number of nitrogens with one attached hydrogen (secondary N) is 1. The average Bonchev–Trinajstić information content (AvgIpc) is 1.99. The van der Waals surface area contributed by atoms with E-state index in [1.807, 2.05) is 0 Å². The second-order valence-electron chi connectivity index (χ2n) is 3.97. The van der Waals surface area contributed by atoms with E-state index in [4.69, 9.17) is 5.11 Å². The summed E-state index contributed by atoms with van der Waals surface area (Å²) in [7, 11) is -3.35. The number of hydrogen-bond donors (Lipinski definition) is 2. The zero-order valence-corrected chi connectivity index (χ0v) is 10.3. The van der Waals surface area contributed by atoms with Gasteiger partial charge in [0.15, 0.2) is 9.84 Å². The summed E-state index contributed by atoms with van der Waals surface area (Å²) < 4.78 is 22.1. The first kappa shape index (κ1) is 14.4. The Morgan fingerprint density at radius 2 is 1.80 bits per heavy atom. The van der Waals surface area contributed by atoms with Gasteiger partial charge >= 0.3 is 0 Å². The Hall–Kier alpha value is -0.620. The number of aliphatic hydroxyl groups excluding tert-OH is 1. The van der Waals surface area contributed by atoms with Gasteiger partial charge in [0.05, 0.1) is 6.10 Å². The molecule has 0 aromatic rings. The number of amides is 1. The van der Waals surface area contributed by atoms with E-state index in [0.29, 0.717) is 6.42 Å². The Balaban J connectivity index is 4.26. The maximum atomic E-state index is 11.4. The summed E-state index contributed by atoms with van der Waals surface area (Å²) in [5.74, 6) is -0.523. The minimum Gasteiger partial charge on any atom is -0.393 e. The predicted molar refractivity (Wildman–Crippen MR) is 58.2 cm³/mol. The normalized spacial score (nSPS) is 17.9. The van der Waals surface area contributed by atoms with Gasteiger partial charge in [0.25, 0.3) is 0 Å². The van der Waals surface area contributed by atoms with Crippen molar-refractivity contribution in [3.63, 3.8) is 0 Å². The van der Waals surface area contributed by atoms with Gasteiger partial charge < -0.3 is 10.4 Å². The fourth-order valence-electron chi connectivity index (χ4n) is 1.13. The van der Waals surface area contributed by atoms with E-state index in [1.54, 1.807) is 13.8 Å². The molecule has 0 heterocycles.